The lowest BCUT2D eigenvalue weighted by atomic mass is 9.69. The fraction of sp³-hybridized carbons (Fsp3) is 0.714. The summed E-state index contributed by atoms with van der Waals surface area (Å²) in [5, 5.41) is 0. The van der Waals surface area contributed by atoms with Crippen molar-refractivity contribution in [2.75, 3.05) is 18.8 Å². The van der Waals surface area contributed by atoms with Gasteiger partial charge in [-0.05, 0) is 43.9 Å². The van der Waals surface area contributed by atoms with Crippen molar-refractivity contribution in [3.63, 3.8) is 0 Å². The third kappa shape index (κ3) is 3.58. The lowest BCUT2D eigenvalue weighted by molar-refractivity contribution is -0.147. The molecule has 1 saturated carbocycles. The Hall–Kier alpha value is -2.22. The van der Waals surface area contributed by atoms with Crippen molar-refractivity contribution in [1.82, 2.24) is 24.4 Å². The number of fused-ring (bicyclic) bond motifs is 1. The van der Waals surface area contributed by atoms with E-state index in [1.807, 2.05) is 4.57 Å². The number of nitrogens with zero attached hydrogens (tertiary/aromatic N) is 5. The van der Waals surface area contributed by atoms with Crippen LogP contribution in [0.2, 0.25) is 0 Å². The molecule has 3 fully saturated rings. The lowest BCUT2D eigenvalue weighted by Crippen LogP contribution is -2.50. The van der Waals surface area contributed by atoms with Crippen LogP contribution in [-0.2, 0) is 16.1 Å². The minimum Gasteiger partial charge on any atom is -0.382 e. The van der Waals surface area contributed by atoms with E-state index in [9.17, 15) is 4.79 Å². The number of rotatable bonds is 3. The average molecular weight is 399 g/mol. The molecule has 0 aromatic carbocycles. The summed E-state index contributed by atoms with van der Waals surface area (Å²) in [6.07, 6.45) is 13.5. The average Bonchev–Trinajstić information content (AvgIpc) is 3.37. The molecule has 1 amide bonds. The standard InChI is InChI=1S/C21H30N6O2/c22-18-17-19(24-13-23-18)27(14-25-17)11-15-5-6-16(29-15)20(28)26-10-4-9-21(12-26)7-2-1-3-8-21/h13-16H,1-12H2,(H2,22,23,24)/t15-,16+/m0/s1. The highest BCUT2D eigenvalue weighted by Gasteiger charge is 2.41. The molecule has 1 aliphatic carbocycles. The van der Waals surface area contributed by atoms with Crippen molar-refractivity contribution in [2.24, 2.45) is 5.41 Å². The van der Waals surface area contributed by atoms with Gasteiger partial charge in [0, 0.05) is 13.1 Å². The number of piperidine rings is 1. The summed E-state index contributed by atoms with van der Waals surface area (Å²) in [5.74, 6) is 0.579. The molecule has 0 unspecified atom stereocenters. The van der Waals surface area contributed by atoms with E-state index in [0.717, 1.165) is 32.4 Å². The van der Waals surface area contributed by atoms with Gasteiger partial charge in [-0.15, -0.1) is 0 Å². The maximum absolute atomic E-state index is 13.2. The molecule has 2 aromatic rings. The van der Waals surface area contributed by atoms with Gasteiger partial charge in [-0.3, -0.25) is 4.79 Å². The summed E-state index contributed by atoms with van der Waals surface area (Å²) in [6.45, 7) is 2.44. The maximum Gasteiger partial charge on any atom is 0.251 e. The number of carbonyl (C=O) groups is 1. The normalized spacial score (nSPS) is 27.0. The highest BCUT2D eigenvalue weighted by atomic mass is 16.5. The summed E-state index contributed by atoms with van der Waals surface area (Å²) in [5.41, 5.74) is 7.58. The van der Waals surface area contributed by atoms with E-state index in [2.05, 4.69) is 19.9 Å². The van der Waals surface area contributed by atoms with Crippen LogP contribution in [0.1, 0.15) is 57.8 Å². The molecule has 29 heavy (non-hydrogen) atoms. The fourth-order valence-corrected chi connectivity index (χ4v) is 5.58. The Balaban J connectivity index is 1.22. The Morgan fingerprint density at radius 1 is 1.14 bits per heavy atom. The smallest absolute Gasteiger partial charge is 0.251 e. The van der Waals surface area contributed by atoms with Crippen LogP contribution in [0.25, 0.3) is 11.2 Å². The number of hydrogen-bond acceptors (Lipinski definition) is 6. The molecule has 2 N–H and O–H groups in total. The van der Waals surface area contributed by atoms with Gasteiger partial charge in [0.25, 0.3) is 5.91 Å². The second kappa shape index (κ2) is 7.55. The number of anilines is 1. The van der Waals surface area contributed by atoms with E-state index >= 15 is 0 Å². The molecule has 4 heterocycles. The van der Waals surface area contributed by atoms with E-state index in [0.29, 0.717) is 28.9 Å². The molecule has 2 aromatic heterocycles. The SMILES string of the molecule is Nc1ncnc2c1ncn2C[C@@H]1CC[C@H](C(=O)N2CCCC3(CCCCC3)C2)O1. The number of aromatic nitrogens is 4. The number of ether oxygens (including phenoxy) is 1. The first-order valence-corrected chi connectivity index (χ1v) is 11.0. The van der Waals surface area contributed by atoms with Crippen LogP contribution in [0, 0.1) is 5.41 Å². The van der Waals surface area contributed by atoms with Crippen LogP contribution in [0.5, 0.6) is 0 Å². The van der Waals surface area contributed by atoms with Gasteiger partial charge >= 0.3 is 0 Å². The predicted octanol–water partition coefficient (Wildman–Crippen LogP) is 2.53. The van der Waals surface area contributed by atoms with Gasteiger partial charge in [0.15, 0.2) is 11.5 Å². The van der Waals surface area contributed by atoms with E-state index in [-0.39, 0.29) is 18.1 Å². The van der Waals surface area contributed by atoms with Crippen molar-refractivity contribution in [1.29, 1.82) is 0 Å². The molecular formula is C21H30N6O2. The second-order valence-electron chi connectivity index (χ2n) is 9.08. The monoisotopic (exact) mass is 398 g/mol. The molecule has 0 radical (unpaired) electrons. The van der Waals surface area contributed by atoms with Crippen molar-refractivity contribution in [3.8, 4) is 0 Å². The molecule has 2 aliphatic heterocycles. The second-order valence-corrected chi connectivity index (χ2v) is 9.08. The van der Waals surface area contributed by atoms with Gasteiger partial charge in [-0.25, -0.2) is 15.0 Å². The summed E-state index contributed by atoms with van der Waals surface area (Å²) in [6, 6.07) is 0. The molecule has 2 saturated heterocycles. The van der Waals surface area contributed by atoms with Gasteiger partial charge in [-0.1, -0.05) is 19.3 Å². The number of nitrogen functional groups attached to an aromatic ring is 1. The molecular weight excluding hydrogens is 368 g/mol. The summed E-state index contributed by atoms with van der Waals surface area (Å²) in [7, 11) is 0. The molecule has 5 rings (SSSR count). The third-order valence-corrected chi connectivity index (χ3v) is 7.10. The van der Waals surface area contributed by atoms with Crippen LogP contribution in [0.4, 0.5) is 5.82 Å². The fourth-order valence-electron chi connectivity index (χ4n) is 5.58. The Kier molecular flexibility index (Phi) is 4.89. The third-order valence-electron chi connectivity index (χ3n) is 7.10. The Labute approximate surface area is 170 Å². The van der Waals surface area contributed by atoms with Gasteiger partial charge < -0.3 is 19.9 Å². The highest BCUT2D eigenvalue weighted by Crippen LogP contribution is 2.43. The van der Waals surface area contributed by atoms with Gasteiger partial charge in [0.2, 0.25) is 0 Å². The molecule has 1 spiro atoms. The van der Waals surface area contributed by atoms with Crippen LogP contribution >= 0.6 is 0 Å². The van der Waals surface area contributed by atoms with Gasteiger partial charge in [0.05, 0.1) is 19.0 Å². The van der Waals surface area contributed by atoms with Gasteiger partial charge in [-0.2, -0.15) is 0 Å². The van der Waals surface area contributed by atoms with Crippen molar-refractivity contribution < 1.29 is 9.53 Å². The predicted molar refractivity (Wildman–Crippen MR) is 109 cm³/mol. The molecule has 8 heteroatoms. The summed E-state index contributed by atoms with van der Waals surface area (Å²) in [4.78, 5) is 27.9. The highest BCUT2D eigenvalue weighted by molar-refractivity contribution is 5.82. The zero-order chi connectivity index (χ0) is 19.8. The largest absolute Gasteiger partial charge is 0.382 e. The first-order chi connectivity index (χ1) is 14.1. The van der Waals surface area contributed by atoms with Crippen molar-refractivity contribution in [2.45, 2.75) is 76.5 Å². The van der Waals surface area contributed by atoms with Gasteiger partial charge in [0.1, 0.15) is 17.9 Å². The Bertz CT molecular complexity index is 885. The minimum absolute atomic E-state index is 0.00836. The van der Waals surface area contributed by atoms with E-state index in [1.165, 1.54) is 44.9 Å². The Morgan fingerprint density at radius 3 is 2.83 bits per heavy atom. The first-order valence-electron chi connectivity index (χ1n) is 11.0. The maximum atomic E-state index is 13.2. The number of carbonyl (C=O) groups excluding carboxylic acids is 1. The number of hydrogen-bond donors (Lipinski definition) is 1. The molecule has 156 valence electrons. The van der Waals surface area contributed by atoms with Crippen molar-refractivity contribution in [3.05, 3.63) is 12.7 Å². The van der Waals surface area contributed by atoms with E-state index in [1.54, 1.807) is 6.33 Å². The number of likely N-dealkylation sites (tertiary alicyclic amines) is 1. The summed E-state index contributed by atoms with van der Waals surface area (Å²) < 4.78 is 8.14. The molecule has 3 aliphatic rings. The lowest BCUT2D eigenvalue weighted by Gasteiger charge is -2.45. The van der Waals surface area contributed by atoms with Crippen molar-refractivity contribution >= 4 is 22.9 Å². The summed E-state index contributed by atoms with van der Waals surface area (Å²) >= 11 is 0. The zero-order valence-electron chi connectivity index (χ0n) is 16.9. The van der Waals surface area contributed by atoms with E-state index < -0.39 is 0 Å². The minimum atomic E-state index is -0.312. The molecule has 2 atom stereocenters. The van der Waals surface area contributed by atoms with Crippen LogP contribution in [0.3, 0.4) is 0 Å². The first kappa shape index (κ1) is 18.8. The van der Waals surface area contributed by atoms with Crippen LogP contribution in [0.15, 0.2) is 12.7 Å². The molecule has 0 bridgehead atoms. The van der Waals surface area contributed by atoms with E-state index in [4.69, 9.17) is 10.5 Å². The molecule has 8 nitrogen and oxygen atoms in total. The van der Waals surface area contributed by atoms with Crippen LogP contribution < -0.4 is 5.73 Å². The number of nitrogens with two attached hydrogens (primary N) is 1. The number of imidazole rings is 1. The topological polar surface area (TPSA) is 99.2 Å². The number of amides is 1. The van der Waals surface area contributed by atoms with Crippen LogP contribution in [-0.4, -0.2) is 55.6 Å². The quantitative estimate of drug-likeness (QED) is 0.853. The zero-order valence-corrected chi connectivity index (χ0v) is 16.9. The Morgan fingerprint density at radius 2 is 1.97 bits per heavy atom.